The normalized spacial score (nSPS) is 18.2. The average molecular weight is 341 g/mol. The number of nitrogens with zero attached hydrogens (tertiary/aromatic N) is 2. The van der Waals surface area contributed by atoms with Gasteiger partial charge in [-0.1, -0.05) is 30.3 Å². The second-order valence-corrected chi connectivity index (χ2v) is 8.18. The highest BCUT2D eigenvalue weighted by molar-refractivity contribution is 7.11. The maximum absolute atomic E-state index is 12.9. The van der Waals surface area contributed by atoms with Crippen molar-refractivity contribution in [1.82, 2.24) is 15.2 Å². The Kier molecular flexibility index (Phi) is 4.27. The molecule has 1 unspecified atom stereocenters. The largest absolute Gasteiger partial charge is 0.328 e. The van der Waals surface area contributed by atoms with Crippen molar-refractivity contribution in [2.45, 2.75) is 51.2 Å². The Balaban J connectivity index is 1.47. The van der Waals surface area contributed by atoms with E-state index in [0.29, 0.717) is 18.5 Å². The van der Waals surface area contributed by atoms with E-state index < -0.39 is 0 Å². The van der Waals surface area contributed by atoms with E-state index in [1.54, 1.807) is 11.3 Å². The van der Waals surface area contributed by atoms with Gasteiger partial charge in [-0.2, -0.15) is 0 Å². The summed E-state index contributed by atoms with van der Waals surface area (Å²) in [6, 6.07) is 10.8. The molecule has 24 heavy (non-hydrogen) atoms. The van der Waals surface area contributed by atoms with Gasteiger partial charge in [0.1, 0.15) is 5.01 Å². The molecule has 2 aromatic rings. The molecule has 4 nitrogen and oxygen atoms in total. The van der Waals surface area contributed by atoms with Crippen LogP contribution in [-0.2, 0) is 6.54 Å². The molecule has 1 aromatic heterocycles. The van der Waals surface area contributed by atoms with Gasteiger partial charge in [0.05, 0.1) is 6.04 Å². The summed E-state index contributed by atoms with van der Waals surface area (Å²) >= 11 is 1.70. The van der Waals surface area contributed by atoms with Crippen LogP contribution < -0.4 is 5.32 Å². The minimum absolute atomic E-state index is 0.0612. The van der Waals surface area contributed by atoms with Crippen LogP contribution in [0.5, 0.6) is 0 Å². The molecule has 0 aliphatic heterocycles. The Bertz CT molecular complexity index is 706. The quantitative estimate of drug-likeness (QED) is 0.852. The number of hydrogen-bond donors (Lipinski definition) is 1. The van der Waals surface area contributed by atoms with Gasteiger partial charge < -0.3 is 10.2 Å². The first kappa shape index (κ1) is 15.6. The number of rotatable bonds is 6. The first-order chi connectivity index (χ1) is 11.7. The molecule has 1 heterocycles. The van der Waals surface area contributed by atoms with E-state index in [1.165, 1.54) is 23.3 Å². The summed E-state index contributed by atoms with van der Waals surface area (Å²) < 4.78 is 0. The van der Waals surface area contributed by atoms with E-state index in [9.17, 15) is 4.79 Å². The monoisotopic (exact) mass is 341 g/mol. The van der Waals surface area contributed by atoms with Crippen molar-refractivity contribution in [1.29, 1.82) is 0 Å². The summed E-state index contributed by atoms with van der Waals surface area (Å²) in [6.45, 7) is 2.75. The Morgan fingerprint density at radius 3 is 2.62 bits per heavy atom. The molecule has 2 fully saturated rings. The van der Waals surface area contributed by atoms with Gasteiger partial charge >= 0.3 is 6.03 Å². The van der Waals surface area contributed by atoms with Crippen molar-refractivity contribution in [3.63, 3.8) is 0 Å². The summed E-state index contributed by atoms with van der Waals surface area (Å²) in [5, 5.41) is 4.34. The molecule has 1 atom stereocenters. The van der Waals surface area contributed by atoms with E-state index in [-0.39, 0.29) is 12.1 Å². The highest BCUT2D eigenvalue weighted by Crippen LogP contribution is 2.42. The van der Waals surface area contributed by atoms with E-state index in [1.807, 2.05) is 29.3 Å². The molecule has 126 valence electrons. The molecule has 2 aliphatic carbocycles. The van der Waals surface area contributed by atoms with E-state index >= 15 is 0 Å². The summed E-state index contributed by atoms with van der Waals surface area (Å²) in [5.41, 5.74) is 1.19. The maximum atomic E-state index is 12.9. The molecule has 2 amide bonds. The lowest BCUT2D eigenvalue weighted by Crippen LogP contribution is -2.43. The molecular weight excluding hydrogens is 318 g/mol. The van der Waals surface area contributed by atoms with Gasteiger partial charge in [0.15, 0.2) is 0 Å². The van der Waals surface area contributed by atoms with Crippen LogP contribution in [0.15, 0.2) is 36.5 Å². The van der Waals surface area contributed by atoms with Gasteiger partial charge in [0.25, 0.3) is 0 Å². The van der Waals surface area contributed by atoms with Crippen LogP contribution in [-0.4, -0.2) is 22.0 Å². The molecule has 2 saturated carbocycles. The van der Waals surface area contributed by atoms with Crippen LogP contribution in [0.1, 0.15) is 47.2 Å². The number of amides is 2. The predicted molar refractivity (Wildman–Crippen MR) is 95.9 cm³/mol. The summed E-state index contributed by atoms with van der Waals surface area (Å²) in [7, 11) is 0. The third-order valence-corrected chi connectivity index (χ3v) is 5.72. The Morgan fingerprint density at radius 1 is 1.29 bits per heavy atom. The minimum atomic E-state index is 0.0612. The van der Waals surface area contributed by atoms with Gasteiger partial charge in [-0.15, -0.1) is 11.3 Å². The van der Waals surface area contributed by atoms with E-state index in [4.69, 9.17) is 0 Å². The second kappa shape index (κ2) is 6.55. The fourth-order valence-corrected chi connectivity index (χ4v) is 3.99. The molecule has 0 spiro atoms. The second-order valence-electron chi connectivity index (χ2n) is 6.92. The van der Waals surface area contributed by atoms with Crippen molar-refractivity contribution >= 4 is 17.4 Å². The lowest BCUT2D eigenvalue weighted by atomic mass is 10.2. The molecule has 0 bridgehead atoms. The number of urea groups is 1. The Morgan fingerprint density at radius 2 is 2.04 bits per heavy atom. The number of benzene rings is 1. The van der Waals surface area contributed by atoms with Gasteiger partial charge in [-0.05, 0) is 44.1 Å². The zero-order chi connectivity index (χ0) is 16.5. The maximum Gasteiger partial charge on any atom is 0.318 e. The van der Waals surface area contributed by atoms with Crippen molar-refractivity contribution in [3.8, 4) is 0 Å². The highest BCUT2D eigenvalue weighted by Gasteiger charge is 2.38. The van der Waals surface area contributed by atoms with Crippen LogP contribution in [0.3, 0.4) is 0 Å². The first-order valence-corrected chi connectivity index (χ1v) is 9.56. The summed E-state index contributed by atoms with van der Waals surface area (Å²) in [4.78, 5) is 20.7. The van der Waals surface area contributed by atoms with E-state index in [0.717, 1.165) is 17.8 Å². The lowest BCUT2D eigenvalue weighted by Gasteiger charge is -2.26. The SMILES string of the molecule is Cc1cnc(C(NC(=O)N(Cc2ccccc2)C2CC2)C2CC2)s1. The van der Waals surface area contributed by atoms with E-state index in [2.05, 4.69) is 29.4 Å². The van der Waals surface area contributed by atoms with Crippen molar-refractivity contribution in [2.75, 3.05) is 0 Å². The third-order valence-electron chi connectivity index (χ3n) is 4.72. The first-order valence-electron chi connectivity index (χ1n) is 8.74. The highest BCUT2D eigenvalue weighted by atomic mass is 32.1. The number of nitrogens with one attached hydrogen (secondary N) is 1. The fraction of sp³-hybridized carbons (Fsp3) is 0.474. The topological polar surface area (TPSA) is 45.2 Å². The fourth-order valence-electron chi connectivity index (χ4n) is 3.08. The number of carbonyl (C=O) groups is 1. The number of carbonyl (C=O) groups excluding carboxylic acids is 1. The van der Waals surface area contributed by atoms with Gasteiger partial charge in [-0.25, -0.2) is 9.78 Å². The number of aromatic nitrogens is 1. The van der Waals surface area contributed by atoms with Crippen LogP contribution in [0.2, 0.25) is 0 Å². The predicted octanol–water partition coefficient (Wildman–Crippen LogP) is 4.28. The Hall–Kier alpha value is -1.88. The Labute approximate surface area is 146 Å². The van der Waals surface area contributed by atoms with Gasteiger partial charge in [0, 0.05) is 23.7 Å². The number of aryl methyl sites for hydroxylation is 1. The summed E-state index contributed by atoms with van der Waals surface area (Å²) in [5.74, 6) is 0.553. The molecule has 0 radical (unpaired) electrons. The van der Waals surface area contributed by atoms with Gasteiger partial charge in [0.2, 0.25) is 0 Å². The van der Waals surface area contributed by atoms with Crippen LogP contribution in [0, 0.1) is 12.8 Å². The van der Waals surface area contributed by atoms with Crippen LogP contribution in [0.4, 0.5) is 4.79 Å². The number of thiazole rings is 1. The minimum Gasteiger partial charge on any atom is -0.328 e. The third kappa shape index (κ3) is 3.61. The molecule has 2 aliphatic rings. The zero-order valence-electron chi connectivity index (χ0n) is 13.9. The van der Waals surface area contributed by atoms with Crippen LogP contribution in [0.25, 0.3) is 0 Å². The molecular formula is C19H23N3OS. The smallest absolute Gasteiger partial charge is 0.318 e. The summed E-state index contributed by atoms with van der Waals surface area (Å²) in [6.07, 6.45) is 6.51. The standard InChI is InChI=1S/C19H23N3OS/c1-13-11-20-18(24-13)17(15-7-8-15)21-19(23)22(16-9-10-16)12-14-5-3-2-4-6-14/h2-6,11,15-17H,7-10,12H2,1H3,(H,21,23). The zero-order valence-corrected chi connectivity index (χ0v) is 14.8. The van der Waals surface area contributed by atoms with Crippen molar-refractivity contribution in [2.24, 2.45) is 5.92 Å². The molecule has 5 heteroatoms. The molecule has 1 aromatic carbocycles. The molecule has 4 rings (SSSR count). The number of hydrogen-bond acceptors (Lipinski definition) is 3. The van der Waals surface area contributed by atoms with Gasteiger partial charge in [-0.3, -0.25) is 0 Å². The van der Waals surface area contributed by atoms with Crippen molar-refractivity contribution < 1.29 is 4.79 Å². The van der Waals surface area contributed by atoms with Crippen LogP contribution >= 0.6 is 11.3 Å². The molecule has 1 N–H and O–H groups in total. The van der Waals surface area contributed by atoms with Crippen molar-refractivity contribution in [3.05, 3.63) is 52.0 Å². The average Bonchev–Trinajstić information content (AvgIpc) is 3.50. The lowest BCUT2D eigenvalue weighted by molar-refractivity contribution is 0.186. The molecule has 0 saturated heterocycles.